The quantitative estimate of drug-likeness (QED) is 0.545. The van der Waals surface area contributed by atoms with Gasteiger partial charge < -0.3 is 15.0 Å². The van der Waals surface area contributed by atoms with Crippen LogP contribution in [0.5, 0.6) is 0 Å². The van der Waals surface area contributed by atoms with E-state index in [2.05, 4.69) is 16.9 Å². The summed E-state index contributed by atoms with van der Waals surface area (Å²) >= 11 is 1.46. The van der Waals surface area contributed by atoms with Gasteiger partial charge >= 0.3 is 5.97 Å². The van der Waals surface area contributed by atoms with Crippen molar-refractivity contribution in [3.8, 4) is 0 Å². The molecule has 0 fully saturated rings. The average Bonchev–Trinajstić information content (AvgIpc) is 3.08. The number of nitrogens with zero attached hydrogens (tertiary/aromatic N) is 2. The van der Waals surface area contributed by atoms with E-state index in [4.69, 9.17) is 4.74 Å². The first-order chi connectivity index (χ1) is 14.0. The molecule has 1 aromatic rings. The van der Waals surface area contributed by atoms with Crippen molar-refractivity contribution in [2.45, 2.75) is 33.2 Å². The van der Waals surface area contributed by atoms with Crippen LogP contribution in [0.2, 0.25) is 0 Å². The lowest BCUT2D eigenvalue weighted by molar-refractivity contribution is -0.138. The summed E-state index contributed by atoms with van der Waals surface area (Å²) in [6.45, 7) is 10.0. The number of carbonyl (C=O) groups excluding carboxylic acids is 2. The van der Waals surface area contributed by atoms with Crippen molar-refractivity contribution in [2.24, 2.45) is 4.99 Å². The normalized spacial score (nSPS) is 18.0. The maximum atomic E-state index is 12.9. The first-order valence-corrected chi connectivity index (χ1v) is 10.4. The smallest absolute Gasteiger partial charge is 0.338 e. The van der Waals surface area contributed by atoms with Crippen LogP contribution in [-0.4, -0.2) is 35.1 Å². The number of hydrogen-bond acceptors (Lipinski definition) is 6. The van der Waals surface area contributed by atoms with Gasteiger partial charge in [-0.25, -0.2) is 9.79 Å². The zero-order chi connectivity index (χ0) is 21.0. The first-order valence-electron chi connectivity index (χ1n) is 9.52. The molecule has 0 saturated heterocycles. The van der Waals surface area contributed by atoms with Crippen molar-refractivity contribution in [1.29, 1.82) is 0 Å². The minimum Gasteiger partial charge on any atom is -0.458 e. The van der Waals surface area contributed by atoms with Gasteiger partial charge in [0.05, 0.1) is 23.7 Å². The second kappa shape index (κ2) is 9.13. The number of rotatable bonds is 7. The number of nitrogens with one attached hydrogen (secondary N) is 1. The van der Waals surface area contributed by atoms with Crippen molar-refractivity contribution in [3.63, 3.8) is 0 Å². The van der Waals surface area contributed by atoms with E-state index >= 15 is 0 Å². The molecule has 2 aliphatic heterocycles. The number of aliphatic imine (C=N–C) groups is 1. The van der Waals surface area contributed by atoms with Crippen molar-refractivity contribution in [2.75, 3.05) is 13.2 Å². The summed E-state index contributed by atoms with van der Waals surface area (Å²) in [6, 6.07) is 7.63. The molecule has 29 heavy (non-hydrogen) atoms. The maximum absolute atomic E-state index is 12.9. The van der Waals surface area contributed by atoms with Gasteiger partial charge in [-0.05, 0) is 31.7 Å². The molecule has 0 saturated carbocycles. The number of amidine groups is 1. The Balaban J connectivity index is 2.04. The maximum Gasteiger partial charge on any atom is 0.338 e. The number of benzene rings is 1. The van der Waals surface area contributed by atoms with Gasteiger partial charge in [0, 0.05) is 12.2 Å². The molecule has 0 spiro atoms. The van der Waals surface area contributed by atoms with Crippen molar-refractivity contribution in [1.82, 2.24) is 10.2 Å². The highest BCUT2D eigenvalue weighted by Gasteiger charge is 2.41. The van der Waals surface area contributed by atoms with E-state index < -0.39 is 12.0 Å². The fourth-order valence-corrected chi connectivity index (χ4v) is 4.30. The number of allylic oxidation sites excluding steroid dienone is 1. The molecule has 0 aromatic heterocycles. The summed E-state index contributed by atoms with van der Waals surface area (Å²) in [7, 11) is 0. The van der Waals surface area contributed by atoms with Crippen LogP contribution in [0.25, 0.3) is 0 Å². The first kappa shape index (κ1) is 20.9. The fourth-order valence-electron chi connectivity index (χ4n) is 3.33. The molecule has 1 amide bonds. The van der Waals surface area contributed by atoms with Gasteiger partial charge in [0.1, 0.15) is 6.61 Å². The van der Waals surface area contributed by atoms with Gasteiger partial charge in [-0.3, -0.25) is 4.79 Å². The summed E-state index contributed by atoms with van der Waals surface area (Å²) in [5.41, 5.74) is 3.98. The molecule has 1 atom stereocenters. The minimum atomic E-state index is -0.426. The predicted molar refractivity (Wildman–Crippen MR) is 116 cm³/mol. The van der Waals surface area contributed by atoms with E-state index in [0.717, 1.165) is 22.0 Å². The summed E-state index contributed by atoms with van der Waals surface area (Å²) in [6.07, 6.45) is 1.76. The van der Waals surface area contributed by atoms with Crippen LogP contribution < -0.4 is 5.32 Å². The lowest BCUT2D eigenvalue weighted by Crippen LogP contribution is -2.38. The van der Waals surface area contributed by atoms with Crippen molar-refractivity contribution in [3.05, 3.63) is 70.4 Å². The van der Waals surface area contributed by atoms with E-state index in [0.29, 0.717) is 17.8 Å². The number of carbonyl (C=O) groups is 2. The lowest BCUT2D eigenvalue weighted by atomic mass is 9.93. The average molecular weight is 412 g/mol. The molecule has 0 bridgehead atoms. The Labute approximate surface area is 175 Å². The molecule has 0 radical (unpaired) electrons. The summed E-state index contributed by atoms with van der Waals surface area (Å²) in [5, 5.41) is 5.52. The Morgan fingerprint density at radius 1 is 1.31 bits per heavy atom. The summed E-state index contributed by atoms with van der Waals surface area (Å²) in [5.74, 6) is -0.490. The van der Waals surface area contributed by atoms with Gasteiger partial charge in [0.2, 0.25) is 5.91 Å². The van der Waals surface area contributed by atoms with E-state index in [1.165, 1.54) is 11.8 Å². The summed E-state index contributed by atoms with van der Waals surface area (Å²) < 4.78 is 5.36. The zero-order valence-electron chi connectivity index (χ0n) is 16.9. The van der Waals surface area contributed by atoms with Gasteiger partial charge in [-0.2, -0.15) is 0 Å². The number of thioether (sulfide) groups is 1. The lowest BCUT2D eigenvalue weighted by Gasteiger charge is -2.36. The Hall–Kier alpha value is -2.80. The van der Waals surface area contributed by atoms with Gasteiger partial charge in [0.25, 0.3) is 0 Å². The van der Waals surface area contributed by atoms with Crippen LogP contribution in [0.3, 0.4) is 0 Å². The Kier molecular flexibility index (Phi) is 6.59. The van der Waals surface area contributed by atoms with Crippen LogP contribution in [0, 0.1) is 6.92 Å². The Morgan fingerprint density at radius 2 is 2.03 bits per heavy atom. The summed E-state index contributed by atoms with van der Waals surface area (Å²) in [4.78, 5) is 31.7. The van der Waals surface area contributed by atoms with Crippen LogP contribution >= 0.6 is 11.8 Å². The van der Waals surface area contributed by atoms with Gasteiger partial charge in [0.15, 0.2) is 5.17 Å². The number of esters is 1. The SMILES string of the molecule is C=CCOC(=O)C1=C(C)N=C2SC=C(CC(=O)NCC)N2C1c1ccc(C)cc1. The largest absolute Gasteiger partial charge is 0.458 e. The van der Waals surface area contributed by atoms with Crippen LogP contribution in [0.15, 0.2) is 64.3 Å². The molecule has 2 aliphatic rings. The van der Waals surface area contributed by atoms with E-state index in [1.807, 2.05) is 55.3 Å². The van der Waals surface area contributed by atoms with Gasteiger partial charge in [-0.1, -0.05) is 54.2 Å². The predicted octanol–water partition coefficient (Wildman–Crippen LogP) is 3.83. The molecular weight excluding hydrogens is 386 g/mol. The number of amides is 1. The van der Waals surface area contributed by atoms with Crippen LogP contribution in [0.1, 0.15) is 37.4 Å². The topological polar surface area (TPSA) is 71.0 Å². The van der Waals surface area contributed by atoms with E-state index in [1.54, 1.807) is 6.08 Å². The molecule has 3 rings (SSSR count). The number of aryl methyl sites for hydroxylation is 1. The van der Waals surface area contributed by atoms with Crippen molar-refractivity contribution >= 4 is 28.8 Å². The molecule has 1 aromatic carbocycles. The monoisotopic (exact) mass is 411 g/mol. The third-order valence-corrected chi connectivity index (χ3v) is 5.55. The van der Waals surface area contributed by atoms with Crippen molar-refractivity contribution < 1.29 is 14.3 Å². The number of hydrogen-bond donors (Lipinski definition) is 1. The Bertz CT molecular complexity index is 916. The standard InChI is InChI=1S/C22H25N3O3S/c1-5-11-28-21(27)19-15(4)24-22-25(17(13-29-22)12-18(26)23-6-2)20(19)16-9-7-14(3)8-10-16/h5,7-10,13,20H,1,6,11-12H2,2-4H3,(H,23,26). The molecule has 152 valence electrons. The second-order valence-corrected chi connectivity index (χ2v) is 7.66. The van der Waals surface area contributed by atoms with Crippen LogP contribution in [0.4, 0.5) is 0 Å². The number of ether oxygens (including phenoxy) is 1. The molecule has 1 unspecified atom stereocenters. The molecular formula is C22H25N3O3S. The zero-order valence-corrected chi connectivity index (χ0v) is 17.7. The molecule has 7 heteroatoms. The molecule has 2 heterocycles. The van der Waals surface area contributed by atoms with Crippen LogP contribution in [-0.2, 0) is 14.3 Å². The number of fused-ring (bicyclic) bond motifs is 1. The highest BCUT2D eigenvalue weighted by atomic mass is 32.2. The second-order valence-electron chi connectivity index (χ2n) is 6.82. The third kappa shape index (κ3) is 4.45. The highest BCUT2D eigenvalue weighted by molar-refractivity contribution is 8.16. The van der Waals surface area contributed by atoms with E-state index in [-0.39, 0.29) is 18.9 Å². The fraction of sp³-hybridized carbons (Fsp3) is 0.318. The third-order valence-electron chi connectivity index (χ3n) is 4.66. The molecule has 1 N–H and O–H groups in total. The van der Waals surface area contributed by atoms with Gasteiger partial charge in [-0.15, -0.1) is 0 Å². The Morgan fingerprint density at radius 3 is 2.69 bits per heavy atom. The molecule has 0 aliphatic carbocycles. The van der Waals surface area contributed by atoms with E-state index in [9.17, 15) is 9.59 Å². The minimum absolute atomic E-state index is 0.0645. The highest BCUT2D eigenvalue weighted by Crippen LogP contribution is 2.44. The molecule has 6 nitrogen and oxygen atoms in total.